The maximum absolute atomic E-state index is 13.4. The molecule has 0 aliphatic carbocycles. The second kappa shape index (κ2) is 5.66. The van der Waals surface area contributed by atoms with E-state index >= 15 is 0 Å². The Labute approximate surface area is 137 Å². The zero-order valence-electron chi connectivity index (χ0n) is 12.8. The van der Waals surface area contributed by atoms with E-state index in [1.165, 1.54) is 23.5 Å². The third-order valence-electron chi connectivity index (χ3n) is 3.47. The number of rotatable bonds is 4. The quantitative estimate of drug-likeness (QED) is 0.780. The lowest BCUT2D eigenvalue weighted by atomic mass is 10.2. The van der Waals surface area contributed by atoms with Gasteiger partial charge in [-0.05, 0) is 38.5 Å². The van der Waals surface area contributed by atoms with Crippen LogP contribution in [0.25, 0.3) is 4.96 Å². The molecule has 1 N–H and O–H groups in total. The van der Waals surface area contributed by atoms with E-state index in [2.05, 4.69) is 14.8 Å². The molecule has 0 bridgehead atoms. The minimum Gasteiger partial charge on any atom is -0.223 e. The van der Waals surface area contributed by atoms with Crippen LogP contribution in [-0.2, 0) is 16.6 Å². The molecule has 0 spiro atoms. The Morgan fingerprint density at radius 2 is 2.04 bits per heavy atom. The molecule has 0 saturated carbocycles. The summed E-state index contributed by atoms with van der Waals surface area (Å²) in [6.07, 6.45) is 0. The van der Waals surface area contributed by atoms with E-state index in [0.717, 1.165) is 16.0 Å². The van der Waals surface area contributed by atoms with E-state index in [-0.39, 0.29) is 11.4 Å². The highest BCUT2D eigenvalue weighted by Crippen LogP contribution is 2.20. The van der Waals surface area contributed by atoms with Crippen LogP contribution in [0, 0.1) is 26.6 Å². The first kappa shape index (κ1) is 16.0. The smallest absolute Gasteiger partial charge is 0.223 e. The van der Waals surface area contributed by atoms with Gasteiger partial charge in [0.05, 0.1) is 22.8 Å². The van der Waals surface area contributed by atoms with Gasteiger partial charge in [0.15, 0.2) is 0 Å². The number of nitrogens with one attached hydrogen (secondary N) is 1. The fourth-order valence-electron chi connectivity index (χ4n) is 2.29. The lowest BCUT2D eigenvalue weighted by molar-refractivity contribution is 0.574. The lowest BCUT2D eigenvalue weighted by Gasteiger charge is -2.09. The molecule has 0 unspecified atom stereocenters. The summed E-state index contributed by atoms with van der Waals surface area (Å²) in [6, 6.07) is 3.69. The Morgan fingerprint density at radius 1 is 1.30 bits per heavy atom. The summed E-state index contributed by atoms with van der Waals surface area (Å²) in [5.41, 5.74) is 1.86. The van der Waals surface area contributed by atoms with Crippen molar-refractivity contribution in [1.29, 1.82) is 0 Å². The summed E-state index contributed by atoms with van der Waals surface area (Å²) in [5, 5.41) is 5.16. The van der Waals surface area contributed by atoms with Gasteiger partial charge in [0.1, 0.15) is 10.8 Å². The molecular formula is C14H15FN4O2S2. The Kier molecular flexibility index (Phi) is 3.95. The zero-order chi connectivity index (χ0) is 16.8. The highest BCUT2D eigenvalue weighted by molar-refractivity contribution is 7.89. The summed E-state index contributed by atoms with van der Waals surface area (Å²) in [4.78, 5) is 5.02. The van der Waals surface area contributed by atoms with Gasteiger partial charge in [-0.15, -0.1) is 0 Å². The van der Waals surface area contributed by atoms with Crippen LogP contribution in [0.2, 0.25) is 0 Å². The third-order valence-corrected chi connectivity index (χ3v) is 5.83. The minimum atomic E-state index is -3.82. The maximum atomic E-state index is 13.4. The van der Waals surface area contributed by atoms with Gasteiger partial charge < -0.3 is 0 Å². The number of imidazole rings is 1. The van der Waals surface area contributed by atoms with Gasteiger partial charge in [0.25, 0.3) is 0 Å². The molecule has 0 aliphatic rings. The molecule has 0 amide bonds. The van der Waals surface area contributed by atoms with Crippen LogP contribution in [0.1, 0.15) is 22.0 Å². The maximum Gasteiger partial charge on any atom is 0.241 e. The molecule has 0 atom stereocenters. The molecule has 9 heteroatoms. The monoisotopic (exact) mass is 354 g/mol. The number of hydrogen-bond donors (Lipinski definition) is 1. The minimum absolute atomic E-state index is 0.0362. The van der Waals surface area contributed by atoms with Crippen molar-refractivity contribution < 1.29 is 12.8 Å². The van der Waals surface area contributed by atoms with Crippen LogP contribution in [0.4, 0.5) is 4.39 Å². The molecule has 1 aromatic carbocycles. The van der Waals surface area contributed by atoms with Crippen molar-refractivity contribution in [1.82, 2.24) is 19.3 Å². The molecule has 0 radical (unpaired) electrons. The average molecular weight is 354 g/mol. The van der Waals surface area contributed by atoms with E-state index in [1.54, 1.807) is 18.4 Å². The number of sulfonamides is 1. The molecule has 2 heterocycles. The largest absolute Gasteiger partial charge is 0.241 e. The number of hydrogen-bond acceptors (Lipinski definition) is 5. The molecule has 23 heavy (non-hydrogen) atoms. The van der Waals surface area contributed by atoms with Gasteiger partial charge in [0.2, 0.25) is 15.0 Å². The van der Waals surface area contributed by atoms with Gasteiger partial charge in [-0.2, -0.15) is 5.10 Å². The predicted octanol–water partition coefficient (Wildman–Crippen LogP) is 2.33. The average Bonchev–Trinajstić information content (AvgIpc) is 2.94. The normalized spacial score (nSPS) is 12.2. The first-order valence-electron chi connectivity index (χ1n) is 6.85. The number of aromatic nitrogens is 3. The highest BCUT2D eigenvalue weighted by Gasteiger charge is 2.20. The van der Waals surface area contributed by atoms with Crippen molar-refractivity contribution in [3.8, 4) is 0 Å². The fourth-order valence-corrected chi connectivity index (χ4v) is 4.34. The molecule has 6 nitrogen and oxygen atoms in total. The van der Waals surface area contributed by atoms with E-state index in [4.69, 9.17) is 0 Å². The Hall–Kier alpha value is -1.84. The van der Waals surface area contributed by atoms with E-state index < -0.39 is 15.8 Å². The number of nitrogens with zero attached hydrogens (tertiary/aromatic N) is 3. The third kappa shape index (κ3) is 2.99. The Bertz CT molecular complexity index is 992. The number of benzene rings is 1. The summed E-state index contributed by atoms with van der Waals surface area (Å²) in [7, 11) is -3.82. The van der Waals surface area contributed by atoms with Crippen LogP contribution in [-0.4, -0.2) is 23.0 Å². The summed E-state index contributed by atoms with van der Waals surface area (Å²) in [5.74, 6) is -0.589. The number of aryl methyl sites for hydroxylation is 3. The fraction of sp³-hybridized carbons (Fsp3) is 0.286. The molecule has 3 rings (SSSR count). The van der Waals surface area contributed by atoms with Crippen LogP contribution in [0.3, 0.4) is 0 Å². The topological polar surface area (TPSA) is 76.4 Å². The number of halogens is 1. The second-order valence-electron chi connectivity index (χ2n) is 5.19. The van der Waals surface area contributed by atoms with Crippen molar-refractivity contribution in [2.45, 2.75) is 32.2 Å². The molecule has 0 fully saturated rings. The summed E-state index contributed by atoms with van der Waals surface area (Å²) in [6.45, 7) is 5.32. The van der Waals surface area contributed by atoms with E-state index in [1.807, 2.05) is 6.92 Å². The molecular weight excluding hydrogens is 339 g/mol. The van der Waals surface area contributed by atoms with Crippen LogP contribution >= 0.6 is 11.3 Å². The van der Waals surface area contributed by atoms with Gasteiger partial charge in [-0.25, -0.2) is 27.0 Å². The van der Waals surface area contributed by atoms with Crippen molar-refractivity contribution in [2.24, 2.45) is 0 Å². The van der Waals surface area contributed by atoms with Gasteiger partial charge in [-0.1, -0.05) is 17.4 Å². The molecule has 3 aromatic rings. The lowest BCUT2D eigenvalue weighted by Crippen LogP contribution is -2.25. The van der Waals surface area contributed by atoms with Crippen molar-refractivity contribution >= 4 is 26.3 Å². The second-order valence-corrected chi connectivity index (χ2v) is 8.09. The van der Waals surface area contributed by atoms with Crippen LogP contribution in [0.5, 0.6) is 0 Å². The Morgan fingerprint density at radius 3 is 2.78 bits per heavy atom. The Balaban J connectivity index is 1.92. The first-order valence-corrected chi connectivity index (χ1v) is 9.15. The van der Waals surface area contributed by atoms with Crippen molar-refractivity contribution in [2.75, 3.05) is 0 Å². The predicted molar refractivity (Wildman–Crippen MR) is 85.5 cm³/mol. The van der Waals surface area contributed by atoms with Gasteiger partial charge >= 0.3 is 0 Å². The van der Waals surface area contributed by atoms with Gasteiger partial charge in [0, 0.05) is 0 Å². The first-order chi connectivity index (χ1) is 10.8. The number of fused-ring (bicyclic) bond motifs is 1. The van der Waals surface area contributed by atoms with Crippen molar-refractivity contribution in [3.63, 3.8) is 0 Å². The van der Waals surface area contributed by atoms with E-state index in [0.29, 0.717) is 17.0 Å². The molecule has 0 aliphatic heterocycles. The molecule has 122 valence electrons. The molecule has 2 aromatic heterocycles. The highest BCUT2D eigenvalue weighted by atomic mass is 32.2. The SMILES string of the molecule is Cc1nn2c(CNS(=O)(=O)c3cc(F)ccc3C)c(C)nc2s1. The summed E-state index contributed by atoms with van der Waals surface area (Å²) >= 11 is 1.44. The van der Waals surface area contributed by atoms with Crippen LogP contribution in [0.15, 0.2) is 23.1 Å². The van der Waals surface area contributed by atoms with E-state index in [9.17, 15) is 12.8 Å². The molecule has 0 saturated heterocycles. The van der Waals surface area contributed by atoms with Crippen molar-refractivity contribution in [3.05, 3.63) is 46.0 Å². The standard InChI is InChI=1S/C14H15FN4O2S2/c1-8-4-5-11(15)6-13(8)23(20,21)16-7-12-9(2)17-14-19(12)18-10(3)22-14/h4-6,16H,7H2,1-3H3. The summed E-state index contributed by atoms with van der Waals surface area (Å²) < 4.78 is 42.3. The van der Waals surface area contributed by atoms with Gasteiger partial charge in [-0.3, -0.25) is 0 Å². The zero-order valence-corrected chi connectivity index (χ0v) is 14.4. The van der Waals surface area contributed by atoms with Crippen LogP contribution < -0.4 is 4.72 Å².